The maximum Gasteiger partial charge on any atom is 0.251 e. The van der Waals surface area contributed by atoms with Gasteiger partial charge in [0.1, 0.15) is 6.10 Å². The summed E-state index contributed by atoms with van der Waals surface area (Å²) in [4.78, 5) is 29.8. The quantitative estimate of drug-likeness (QED) is 0.741. The molecule has 5 nitrogen and oxygen atoms in total. The number of hydrogen-bond acceptors (Lipinski definition) is 3. The van der Waals surface area contributed by atoms with Crippen molar-refractivity contribution in [2.75, 3.05) is 33.8 Å². The lowest BCUT2D eigenvalue weighted by Crippen LogP contribution is -2.46. The van der Waals surface area contributed by atoms with Crippen molar-refractivity contribution in [3.63, 3.8) is 0 Å². The van der Waals surface area contributed by atoms with Gasteiger partial charge < -0.3 is 14.5 Å². The fourth-order valence-corrected chi connectivity index (χ4v) is 4.90. The van der Waals surface area contributed by atoms with Gasteiger partial charge in [0.15, 0.2) is 0 Å². The van der Waals surface area contributed by atoms with Crippen molar-refractivity contribution >= 4 is 11.8 Å². The Bertz CT molecular complexity index is 947. The van der Waals surface area contributed by atoms with Crippen molar-refractivity contribution in [3.05, 3.63) is 59.7 Å². The van der Waals surface area contributed by atoms with E-state index >= 15 is 0 Å². The van der Waals surface area contributed by atoms with E-state index in [0.717, 1.165) is 24.0 Å². The summed E-state index contributed by atoms with van der Waals surface area (Å²) in [6, 6.07) is 16.9. The highest BCUT2D eigenvalue weighted by atomic mass is 16.5. The summed E-state index contributed by atoms with van der Waals surface area (Å²) < 4.78 is 5.61. The molecule has 0 spiro atoms. The molecule has 5 heteroatoms. The zero-order chi connectivity index (χ0) is 22.0. The second kappa shape index (κ2) is 8.83. The third-order valence-electron chi connectivity index (χ3n) is 6.58. The van der Waals surface area contributed by atoms with E-state index in [1.165, 1.54) is 11.1 Å². The summed E-state index contributed by atoms with van der Waals surface area (Å²) in [5.74, 6) is 0.134. The van der Waals surface area contributed by atoms with Crippen molar-refractivity contribution in [2.45, 2.75) is 38.7 Å². The maximum atomic E-state index is 13.3. The summed E-state index contributed by atoms with van der Waals surface area (Å²) in [7, 11) is 3.61. The van der Waals surface area contributed by atoms with E-state index in [1.54, 1.807) is 19.0 Å². The molecular formula is C26H32N2O3. The van der Waals surface area contributed by atoms with Gasteiger partial charge in [0.25, 0.3) is 5.91 Å². The molecule has 2 aliphatic heterocycles. The van der Waals surface area contributed by atoms with Crippen molar-refractivity contribution in [3.8, 4) is 11.1 Å². The van der Waals surface area contributed by atoms with Crippen LogP contribution in [-0.4, -0.2) is 61.5 Å². The molecule has 2 aliphatic rings. The number of hydrogen-bond donors (Lipinski definition) is 0. The summed E-state index contributed by atoms with van der Waals surface area (Å²) in [6.07, 6.45) is 2.67. The van der Waals surface area contributed by atoms with Gasteiger partial charge in [0.2, 0.25) is 5.91 Å². The monoisotopic (exact) mass is 420 g/mol. The molecular weight excluding hydrogens is 388 g/mol. The first-order chi connectivity index (χ1) is 14.9. The van der Waals surface area contributed by atoms with Gasteiger partial charge in [-0.05, 0) is 49.3 Å². The average Bonchev–Trinajstić information content (AvgIpc) is 3.44. The Labute approximate surface area is 185 Å². The predicted molar refractivity (Wildman–Crippen MR) is 122 cm³/mol. The number of likely N-dealkylation sites (tertiary alicyclic amines) is 1. The van der Waals surface area contributed by atoms with Crippen LogP contribution in [-0.2, 0) is 20.7 Å². The topological polar surface area (TPSA) is 49.9 Å². The first-order valence-electron chi connectivity index (χ1n) is 11.2. The minimum absolute atomic E-state index is 0.0411. The van der Waals surface area contributed by atoms with Crippen molar-refractivity contribution in [1.29, 1.82) is 0 Å². The van der Waals surface area contributed by atoms with Gasteiger partial charge in [-0.3, -0.25) is 9.59 Å². The van der Waals surface area contributed by atoms with Gasteiger partial charge >= 0.3 is 0 Å². The van der Waals surface area contributed by atoms with Gasteiger partial charge in [-0.2, -0.15) is 0 Å². The summed E-state index contributed by atoms with van der Waals surface area (Å²) in [6.45, 7) is 3.80. The Kier molecular flexibility index (Phi) is 6.15. The van der Waals surface area contributed by atoms with Gasteiger partial charge in [-0.1, -0.05) is 54.1 Å². The number of amides is 2. The minimum Gasteiger partial charge on any atom is -0.368 e. The van der Waals surface area contributed by atoms with E-state index in [9.17, 15) is 9.59 Å². The second-order valence-electron chi connectivity index (χ2n) is 9.23. The van der Waals surface area contributed by atoms with Gasteiger partial charge in [0, 0.05) is 33.8 Å². The molecule has 2 saturated heterocycles. The number of aryl methyl sites for hydroxylation is 1. The van der Waals surface area contributed by atoms with Gasteiger partial charge in [-0.25, -0.2) is 0 Å². The Morgan fingerprint density at radius 1 is 1.13 bits per heavy atom. The zero-order valence-corrected chi connectivity index (χ0v) is 18.8. The largest absolute Gasteiger partial charge is 0.368 e. The van der Waals surface area contributed by atoms with E-state index in [0.29, 0.717) is 32.5 Å². The number of carbonyl (C=O) groups excluding carboxylic acids is 2. The number of benzene rings is 2. The zero-order valence-electron chi connectivity index (χ0n) is 18.8. The molecule has 0 unspecified atom stereocenters. The molecule has 0 radical (unpaired) electrons. The molecule has 2 amide bonds. The molecule has 4 rings (SSSR count). The molecule has 2 atom stereocenters. The number of ether oxygens (including phenoxy) is 1. The highest BCUT2D eigenvalue weighted by Crippen LogP contribution is 2.37. The lowest BCUT2D eigenvalue weighted by molar-refractivity contribution is -0.142. The van der Waals surface area contributed by atoms with Crippen LogP contribution in [0.3, 0.4) is 0 Å². The van der Waals surface area contributed by atoms with E-state index in [4.69, 9.17) is 4.74 Å². The van der Waals surface area contributed by atoms with Crippen LogP contribution in [0.1, 0.15) is 30.4 Å². The average molecular weight is 421 g/mol. The first kappa shape index (κ1) is 21.6. The van der Waals surface area contributed by atoms with Crippen molar-refractivity contribution < 1.29 is 14.3 Å². The Balaban J connectivity index is 1.58. The normalized spacial score (nSPS) is 23.2. The smallest absolute Gasteiger partial charge is 0.251 e. The van der Waals surface area contributed by atoms with Crippen LogP contribution in [0.15, 0.2) is 48.5 Å². The summed E-state index contributed by atoms with van der Waals surface area (Å²) >= 11 is 0. The van der Waals surface area contributed by atoms with Crippen LogP contribution in [0.5, 0.6) is 0 Å². The Morgan fingerprint density at radius 2 is 1.90 bits per heavy atom. The maximum absolute atomic E-state index is 13.3. The fourth-order valence-electron chi connectivity index (χ4n) is 4.90. The molecule has 2 aromatic rings. The molecule has 164 valence electrons. The van der Waals surface area contributed by atoms with Crippen LogP contribution in [0, 0.1) is 12.3 Å². The van der Waals surface area contributed by atoms with Crippen molar-refractivity contribution in [1.82, 2.24) is 9.80 Å². The standard InChI is InChI=1S/C26H32N2O3/c1-19-9-11-21(12-10-19)22-7-4-6-20(16-22)17-26(25(30)27(2)3)13-14-28(18-26)24(29)23-8-5-15-31-23/h4,6-7,9-12,16,23H,5,8,13-15,17-18H2,1-3H3/t23-,26-/m1/s1. The lowest BCUT2D eigenvalue weighted by atomic mass is 9.79. The fraction of sp³-hybridized carbons (Fsp3) is 0.462. The minimum atomic E-state index is -0.594. The number of carbonyl (C=O) groups is 2. The highest BCUT2D eigenvalue weighted by molar-refractivity contribution is 5.87. The molecule has 31 heavy (non-hydrogen) atoms. The van der Waals surface area contributed by atoms with Crippen LogP contribution in [0.25, 0.3) is 11.1 Å². The lowest BCUT2D eigenvalue weighted by Gasteiger charge is -2.31. The van der Waals surface area contributed by atoms with E-state index in [2.05, 4.69) is 55.5 Å². The third kappa shape index (κ3) is 4.52. The molecule has 0 saturated carbocycles. The second-order valence-corrected chi connectivity index (χ2v) is 9.23. The van der Waals surface area contributed by atoms with Crippen LogP contribution >= 0.6 is 0 Å². The highest BCUT2D eigenvalue weighted by Gasteiger charge is 2.47. The van der Waals surface area contributed by atoms with Crippen LogP contribution in [0.4, 0.5) is 0 Å². The molecule has 0 aliphatic carbocycles. The van der Waals surface area contributed by atoms with E-state index in [-0.39, 0.29) is 17.9 Å². The number of nitrogens with zero attached hydrogens (tertiary/aromatic N) is 2. The number of rotatable bonds is 5. The molecule has 0 bridgehead atoms. The predicted octanol–water partition coefficient (Wildman–Crippen LogP) is 3.69. The van der Waals surface area contributed by atoms with Crippen molar-refractivity contribution in [2.24, 2.45) is 5.41 Å². The third-order valence-corrected chi connectivity index (χ3v) is 6.58. The Hall–Kier alpha value is -2.66. The summed E-state index contributed by atoms with van der Waals surface area (Å²) in [5.41, 5.74) is 4.08. The van der Waals surface area contributed by atoms with Crippen LogP contribution < -0.4 is 0 Å². The van der Waals surface area contributed by atoms with Gasteiger partial charge in [-0.15, -0.1) is 0 Å². The molecule has 2 fully saturated rings. The SMILES string of the molecule is Cc1ccc(-c2cccc(C[C@]3(C(=O)N(C)C)CCN(C(=O)[C@H]4CCCO4)C3)c2)cc1. The summed E-state index contributed by atoms with van der Waals surface area (Å²) in [5, 5.41) is 0. The molecule has 0 N–H and O–H groups in total. The first-order valence-corrected chi connectivity index (χ1v) is 11.2. The van der Waals surface area contributed by atoms with E-state index < -0.39 is 5.41 Å². The van der Waals surface area contributed by atoms with E-state index in [1.807, 2.05) is 4.90 Å². The Morgan fingerprint density at radius 3 is 2.58 bits per heavy atom. The molecule has 0 aromatic heterocycles. The molecule has 2 heterocycles. The van der Waals surface area contributed by atoms with Crippen LogP contribution in [0.2, 0.25) is 0 Å². The molecule has 2 aromatic carbocycles. The van der Waals surface area contributed by atoms with Gasteiger partial charge in [0.05, 0.1) is 5.41 Å².